The third-order valence-electron chi connectivity index (χ3n) is 6.39. The van der Waals surface area contributed by atoms with Gasteiger partial charge in [-0.1, -0.05) is 6.92 Å². The highest BCUT2D eigenvalue weighted by Gasteiger charge is 2.50. The number of nitrogens with zero attached hydrogens (tertiary/aromatic N) is 2. The average molecular weight is 388 g/mol. The molecule has 1 amide bonds. The molecule has 2 saturated heterocycles. The van der Waals surface area contributed by atoms with Gasteiger partial charge >= 0.3 is 0 Å². The first kappa shape index (κ1) is 19.0. The molecule has 0 unspecified atom stereocenters. The molecule has 0 aromatic heterocycles. The second kappa shape index (κ2) is 7.24. The van der Waals surface area contributed by atoms with E-state index in [9.17, 15) is 14.9 Å². The zero-order chi connectivity index (χ0) is 19.9. The summed E-state index contributed by atoms with van der Waals surface area (Å²) >= 11 is 0. The predicted molar refractivity (Wildman–Crippen MR) is 107 cm³/mol. The van der Waals surface area contributed by atoms with Crippen LogP contribution in [0.4, 0.5) is 17.1 Å². The van der Waals surface area contributed by atoms with Crippen molar-refractivity contribution in [3.8, 4) is 0 Å². The largest absolute Gasteiger partial charge is 0.383 e. The maximum atomic E-state index is 13.1. The second-order valence-electron chi connectivity index (χ2n) is 8.67. The normalized spacial score (nSPS) is 25.6. The number of ether oxygens (including phenoxy) is 1. The summed E-state index contributed by atoms with van der Waals surface area (Å²) in [7, 11) is 1.66. The lowest BCUT2D eigenvalue weighted by Crippen LogP contribution is -2.66. The summed E-state index contributed by atoms with van der Waals surface area (Å²) < 4.78 is 5.34. The van der Waals surface area contributed by atoms with Gasteiger partial charge in [-0.3, -0.25) is 14.9 Å². The maximum Gasteiger partial charge on any atom is 0.293 e. The molecular weight excluding hydrogens is 360 g/mol. The van der Waals surface area contributed by atoms with Crippen molar-refractivity contribution in [2.45, 2.75) is 38.6 Å². The smallest absolute Gasteiger partial charge is 0.293 e. The zero-order valence-electron chi connectivity index (χ0n) is 16.5. The summed E-state index contributed by atoms with van der Waals surface area (Å²) in [6.45, 7) is 5.36. The summed E-state index contributed by atoms with van der Waals surface area (Å²) in [5, 5.41) is 17.5. The Morgan fingerprint density at radius 3 is 2.46 bits per heavy atom. The molecule has 1 aromatic carbocycles. The molecule has 1 aromatic rings. The molecular formula is C20H28N4O4. The molecule has 152 valence electrons. The minimum atomic E-state index is -0.438. The standard InChI is InChI=1S/C20H28N4O4/c1-13-3-5-14(6-4-13)22-19(25)15-7-18(24(26)27)16(21-2)8-17(15)23-9-20(10-23)11-28-12-20/h7-8,13-14,21H,3-6,9-12H2,1-2H3,(H,22,25). The lowest BCUT2D eigenvalue weighted by molar-refractivity contribution is -0.384. The number of amides is 1. The Labute approximate surface area is 164 Å². The van der Waals surface area contributed by atoms with E-state index in [1.807, 2.05) is 0 Å². The van der Waals surface area contributed by atoms with Gasteiger partial charge in [0.05, 0.1) is 34.8 Å². The number of nitrogens with one attached hydrogen (secondary N) is 2. The van der Waals surface area contributed by atoms with Gasteiger partial charge < -0.3 is 20.3 Å². The van der Waals surface area contributed by atoms with Gasteiger partial charge in [-0.05, 0) is 37.7 Å². The van der Waals surface area contributed by atoms with Crippen molar-refractivity contribution in [3.63, 3.8) is 0 Å². The van der Waals surface area contributed by atoms with Crippen molar-refractivity contribution >= 4 is 23.0 Å². The highest BCUT2D eigenvalue weighted by Crippen LogP contribution is 2.43. The summed E-state index contributed by atoms with van der Waals surface area (Å²) in [5.41, 5.74) is 1.69. The number of hydrogen-bond acceptors (Lipinski definition) is 6. The van der Waals surface area contributed by atoms with E-state index >= 15 is 0 Å². The summed E-state index contributed by atoms with van der Waals surface area (Å²) in [6, 6.07) is 3.30. The Morgan fingerprint density at radius 2 is 1.93 bits per heavy atom. The third kappa shape index (κ3) is 3.41. The number of benzene rings is 1. The number of nitro groups is 1. The van der Waals surface area contributed by atoms with Crippen molar-refractivity contribution in [2.24, 2.45) is 11.3 Å². The highest BCUT2D eigenvalue weighted by atomic mass is 16.6. The Kier molecular flexibility index (Phi) is 4.91. The molecule has 2 aliphatic heterocycles. The molecule has 0 atom stereocenters. The molecule has 8 heteroatoms. The topological polar surface area (TPSA) is 96.7 Å². The number of carbonyl (C=O) groups excluding carboxylic acids is 1. The maximum absolute atomic E-state index is 13.1. The monoisotopic (exact) mass is 388 g/mol. The lowest BCUT2D eigenvalue weighted by Gasteiger charge is -2.56. The zero-order valence-corrected chi connectivity index (χ0v) is 16.5. The molecule has 2 heterocycles. The van der Waals surface area contributed by atoms with Crippen molar-refractivity contribution in [3.05, 3.63) is 27.8 Å². The molecule has 1 spiro atoms. The molecule has 1 aliphatic carbocycles. The van der Waals surface area contributed by atoms with Crippen LogP contribution in [-0.2, 0) is 4.74 Å². The van der Waals surface area contributed by atoms with Crippen LogP contribution < -0.4 is 15.5 Å². The van der Waals surface area contributed by atoms with Gasteiger partial charge in [-0.25, -0.2) is 0 Å². The number of nitro benzene ring substituents is 1. The highest BCUT2D eigenvalue weighted by molar-refractivity contribution is 6.02. The van der Waals surface area contributed by atoms with Gasteiger partial charge in [-0.15, -0.1) is 0 Å². The Balaban J connectivity index is 1.60. The molecule has 2 N–H and O–H groups in total. The average Bonchev–Trinajstić information content (AvgIpc) is 2.60. The van der Waals surface area contributed by atoms with E-state index < -0.39 is 4.92 Å². The van der Waals surface area contributed by atoms with Crippen LogP contribution in [0.5, 0.6) is 0 Å². The SMILES string of the molecule is CNc1cc(N2CC3(COC3)C2)c(C(=O)NC2CCC(C)CC2)cc1[N+](=O)[O-]. The van der Waals surface area contributed by atoms with Crippen LogP contribution in [0, 0.1) is 21.4 Å². The molecule has 3 aliphatic rings. The van der Waals surface area contributed by atoms with Crippen LogP contribution in [0.25, 0.3) is 0 Å². The second-order valence-corrected chi connectivity index (χ2v) is 8.67. The summed E-state index contributed by atoms with van der Waals surface area (Å²) in [5.74, 6) is 0.479. The molecule has 1 saturated carbocycles. The van der Waals surface area contributed by atoms with Gasteiger partial charge in [0, 0.05) is 32.2 Å². The van der Waals surface area contributed by atoms with Crippen LogP contribution >= 0.6 is 0 Å². The van der Waals surface area contributed by atoms with E-state index in [0.29, 0.717) is 17.2 Å². The number of anilines is 2. The van der Waals surface area contributed by atoms with Gasteiger partial charge in [0.25, 0.3) is 11.6 Å². The van der Waals surface area contributed by atoms with Gasteiger partial charge in [-0.2, -0.15) is 0 Å². The van der Waals surface area contributed by atoms with E-state index in [-0.39, 0.29) is 23.1 Å². The van der Waals surface area contributed by atoms with Crippen LogP contribution in [-0.4, -0.2) is 50.2 Å². The van der Waals surface area contributed by atoms with Crippen molar-refractivity contribution in [2.75, 3.05) is 43.6 Å². The van der Waals surface area contributed by atoms with E-state index in [1.165, 1.54) is 6.07 Å². The van der Waals surface area contributed by atoms with Gasteiger partial charge in [0.2, 0.25) is 0 Å². The first-order valence-corrected chi connectivity index (χ1v) is 10.0. The van der Waals surface area contributed by atoms with Gasteiger partial charge in [0.1, 0.15) is 5.69 Å². The molecule has 28 heavy (non-hydrogen) atoms. The molecule has 3 fully saturated rings. The van der Waals surface area contributed by atoms with Crippen molar-refractivity contribution in [1.29, 1.82) is 0 Å². The van der Waals surface area contributed by atoms with Crippen LogP contribution in [0.3, 0.4) is 0 Å². The van der Waals surface area contributed by atoms with E-state index in [0.717, 1.165) is 57.7 Å². The van der Waals surface area contributed by atoms with Crippen LogP contribution in [0.1, 0.15) is 43.0 Å². The van der Waals surface area contributed by atoms with E-state index in [1.54, 1.807) is 13.1 Å². The predicted octanol–water partition coefficient (Wildman–Crippen LogP) is 2.78. The molecule has 0 radical (unpaired) electrons. The fourth-order valence-electron chi connectivity index (χ4n) is 4.55. The lowest BCUT2D eigenvalue weighted by atomic mass is 9.77. The minimum Gasteiger partial charge on any atom is -0.383 e. The fourth-order valence-corrected chi connectivity index (χ4v) is 4.55. The van der Waals surface area contributed by atoms with E-state index in [2.05, 4.69) is 22.5 Å². The number of carbonyl (C=O) groups is 1. The van der Waals surface area contributed by atoms with Crippen LogP contribution in [0.2, 0.25) is 0 Å². The third-order valence-corrected chi connectivity index (χ3v) is 6.39. The Hall–Kier alpha value is -2.35. The summed E-state index contributed by atoms with van der Waals surface area (Å²) in [6.07, 6.45) is 4.13. The van der Waals surface area contributed by atoms with Crippen molar-refractivity contribution < 1.29 is 14.5 Å². The summed E-state index contributed by atoms with van der Waals surface area (Å²) in [4.78, 5) is 26.3. The minimum absolute atomic E-state index is 0.0733. The Bertz CT molecular complexity index is 777. The molecule has 4 rings (SSSR count). The first-order chi connectivity index (χ1) is 13.4. The van der Waals surface area contributed by atoms with Gasteiger partial charge in [0.15, 0.2) is 0 Å². The fraction of sp³-hybridized carbons (Fsp3) is 0.650. The number of rotatable bonds is 5. The quantitative estimate of drug-likeness (QED) is 0.595. The molecule has 8 nitrogen and oxygen atoms in total. The van der Waals surface area contributed by atoms with Crippen LogP contribution in [0.15, 0.2) is 12.1 Å². The van der Waals surface area contributed by atoms with Crippen molar-refractivity contribution in [1.82, 2.24) is 5.32 Å². The first-order valence-electron chi connectivity index (χ1n) is 10.0. The van der Waals surface area contributed by atoms with E-state index in [4.69, 9.17) is 4.74 Å². The molecule has 0 bridgehead atoms. The Morgan fingerprint density at radius 1 is 1.25 bits per heavy atom. The number of hydrogen-bond donors (Lipinski definition) is 2.